The van der Waals surface area contributed by atoms with Crippen molar-refractivity contribution in [3.8, 4) is 28.5 Å². The first-order valence-electron chi connectivity index (χ1n) is 13.3. The molecule has 0 aliphatic heterocycles. The summed E-state index contributed by atoms with van der Waals surface area (Å²) in [6, 6.07) is 21.6. The fourth-order valence-corrected chi connectivity index (χ4v) is 6.27. The van der Waals surface area contributed by atoms with Gasteiger partial charge in [0.1, 0.15) is 18.2 Å². The number of furan rings is 1. The molecule has 6 rings (SSSR count). The third kappa shape index (κ3) is 3.66. The van der Waals surface area contributed by atoms with Gasteiger partial charge in [-0.25, -0.2) is 4.57 Å². The van der Waals surface area contributed by atoms with Gasteiger partial charge in [0.2, 0.25) is 5.69 Å². The zero-order valence-corrected chi connectivity index (χ0v) is 22.4. The molecule has 1 aliphatic rings. The van der Waals surface area contributed by atoms with Crippen LogP contribution in [-0.2, 0) is 25.3 Å². The highest BCUT2D eigenvalue weighted by molar-refractivity contribution is 6.14. The van der Waals surface area contributed by atoms with Gasteiger partial charge in [-0.1, -0.05) is 45.0 Å². The normalized spacial score (nSPS) is 13.6. The largest absolute Gasteiger partial charge is 0.454 e. The molecule has 3 heteroatoms. The Labute approximate surface area is 219 Å². The quantitative estimate of drug-likeness (QED) is 0.237. The molecule has 0 bridgehead atoms. The third-order valence-corrected chi connectivity index (χ3v) is 8.06. The Bertz CT molecular complexity index is 1740. The highest BCUT2D eigenvalue weighted by atomic mass is 16.3. The van der Waals surface area contributed by atoms with Crippen molar-refractivity contribution in [2.24, 2.45) is 7.05 Å². The van der Waals surface area contributed by atoms with Gasteiger partial charge >= 0.3 is 0 Å². The van der Waals surface area contributed by atoms with Crippen LogP contribution < -0.4 is 4.57 Å². The Morgan fingerprint density at radius 3 is 2.24 bits per heavy atom. The van der Waals surface area contributed by atoms with Gasteiger partial charge in [-0.3, -0.25) is 0 Å². The minimum atomic E-state index is 0.0843. The summed E-state index contributed by atoms with van der Waals surface area (Å²) in [6.07, 6.45) is 6.61. The van der Waals surface area contributed by atoms with Crippen molar-refractivity contribution in [1.82, 2.24) is 0 Å². The van der Waals surface area contributed by atoms with Crippen LogP contribution in [0, 0.1) is 18.3 Å². The number of benzene rings is 3. The number of nitriles is 1. The first-order chi connectivity index (χ1) is 17.8. The summed E-state index contributed by atoms with van der Waals surface area (Å²) in [5.74, 6) is 0. The monoisotopic (exact) mass is 485 g/mol. The summed E-state index contributed by atoms with van der Waals surface area (Å²) in [4.78, 5) is 0. The van der Waals surface area contributed by atoms with Crippen LogP contribution in [0.4, 0.5) is 0 Å². The summed E-state index contributed by atoms with van der Waals surface area (Å²) in [7, 11) is 2.07. The van der Waals surface area contributed by atoms with Gasteiger partial charge in [0.25, 0.3) is 0 Å². The molecule has 37 heavy (non-hydrogen) atoms. The van der Waals surface area contributed by atoms with E-state index < -0.39 is 0 Å². The maximum Gasteiger partial charge on any atom is 0.216 e. The van der Waals surface area contributed by atoms with Crippen molar-refractivity contribution in [1.29, 1.82) is 5.26 Å². The molecule has 3 nitrogen and oxygen atoms in total. The van der Waals surface area contributed by atoms with Crippen molar-refractivity contribution >= 4 is 21.9 Å². The van der Waals surface area contributed by atoms with Gasteiger partial charge in [-0.2, -0.15) is 5.26 Å². The molecule has 0 atom stereocenters. The summed E-state index contributed by atoms with van der Waals surface area (Å²) < 4.78 is 8.96. The molecule has 1 aliphatic carbocycles. The number of aromatic nitrogens is 1. The van der Waals surface area contributed by atoms with Crippen LogP contribution in [0.3, 0.4) is 0 Å². The van der Waals surface area contributed by atoms with Crippen molar-refractivity contribution in [3.63, 3.8) is 0 Å². The lowest BCUT2D eigenvalue weighted by Gasteiger charge is -2.29. The number of hydrogen-bond donors (Lipinski definition) is 0. The van der Waals surface area contributed by atoms with Crippen LogP contribution in [0.25, 0.3) is 44.3 Å². The first-order valence-corrected chi connectivity index (χ1v) is 13.3. The molecule has 0 radical (unpaired) electrons. The third-order valence-electron chi connectivity index (χ3n) is 8.06. The lowest BCUT2D eigenvalue weighted by Crippen LogP contribution is -2.30. The first kappa shape index (κ1) is 23.5. The SMILES string of the molecule is Cc1ccc2c(oc3c(-c4ccc(C(C)(C)C)c5c4CCCC5)c(C#N)ccc32)c1-c1cccc[n+]1C. The lowest BCUT2D eigenvalue weighted by atomic mass is 9.75. The van der Waals surface area contributed by atoms with E-state index in [0.29, 0.717) is 5.56 Å². The Morgan fingerprint density at radius 1 is 0.838 bits per heavy atom. The average Bonchev–Trinajstić information content (AvgIpc) is 3.26. The number of fused-ring (bicyclic) bond motifs is 4. The van der Waals surface area contributed by atoms with Crippen molar-refractivity contribution in [2.45, 2.75) is 58.8 Å². The molecule has 184 valence electrons. The average molecular weight is 486 g/mol. The molecule has 2 heterocycles. The van der Waals surface area contributed by atoms with E-state index in [2.05, 4.69) is 94.0 Å². The van der Waals surface area contributed by atoms with Crippen LogP contribution in [0.1, 0.15) is 61.4 Å². The predicted molar refractivity (Wildman–Crippen MR) is 151 cm³/mol. The van der Waals surface area contributed by atoms with Gasteiger partial charge in [0.05, 0.1) is 17.2 Å². The van der Waals surface area contributed by atoms with Crippen LogP contribution >= 0.6 is 0 Å². The summed E-state index contributed by atoms with van der Waals surface area (Å²) in [6.45, 7) is 9.03. The Kier molecular flexibility index (Phi) is 5.46. The maximum absolute atomic E-state index is 10.2. The minimum absolute atomic E-state index is 0.0843. The molecule has 3 aromatic carbocycles. The predicted octanol–water partition coefficient (Wildman–Crippen LogP) is 8.10. The van der Waals surface area contributed by atoms with Gasteiger partial charge in [-0.05, 0) is 84.0 Å². The zero-order valence-electron chi connectivity index (χ0n) is 22.4. The van der Waals surface area contributed by atoms with E-state index in [1.54, 1.807) is 0 Å². The fourth-order valence-electron chi connectivity index (χ4n) is 6.27. The van der Waals surface area contributed by atoms with Gasteiger partial charge < -0.3 is 4.42 Å². The van der Waals surface area contributed by atoms with Crippen LogP contribution in [-0.4, -0.2) is 0 Å². The fraction of sp³-hybridized carbons (Fsp3) is 0.294. The van der Waals surface area contributed by atoms with Crippen LogP contribution in [0.2, 0.25) is 0 Å². The molecule has 0 saturated heterocycles. The number of pyridine rings is 1. The second kappa shape index (κ2) is 8.60. The number of aryl methyl sites for hydroxylation is 2. The van der Waals surface area contributed by atoms with Gasteiger partial charge in [-0.15, -0.1) is 0 Å². The summed E-state index contributed by atoms with van der Waals surface area (Å²) in [5, 5.41) is 12.4. The number of rotatable bonds is 2. The second-order valence-electron chi connectivity index (χ2n) is 11.5. The number of hydrogen-bond acceptors (Lipinski definition) is 2. The van der Waals surface area contributed by atoms with E-state index in [-0.39, 0.29) is 5.41 Å². The number of nitrogens with zero attached hydrogens (tertiary/aromatic N) is 2. The van der Waals surface area contributed by atoms with E-state index in [0.717, 1.165) is 57.2 Å². The highest BCUT2D eigenvalue weighted by Gasteiger charge is 2.28. The maximum atomic E-state index is 10.2. The molecule has 0 amide bonds. The second-order valence-corrected chi connectivity index (χ2v) is 11.5. The van der Waals surface area contributed by atoms with Crippen molar-refractivity contribution in [2.75, 3.05) is 0 Å². The van der Waals surface area contributed by atoms with E-state index in [1.165, 1.54) is 35.1 Å². The Hall–Kier alpha value is -3.90. The molecule has 0 spiro atoms. The van der Waals surface area contributed by atoms with Gasteiger partial charge in [0.15, 0.2) is 6.20 Å². The Balaban J connectivity index is 1.71. The van der Waals surface area contributed by atoms with E-state index in [9.17, 15) is 5.26 Å². The molecular formula is C34H33N2O+. The topological polar surface area (TPSA) is 40.8 Å². The standard InChI is InChI=1S/C34H33N2O/c1-21-13-15-26-27-16-14-22(20-35)31(33(27)37-32(26)30(21)29-12-8-9-19-36(29)5)25-17-18-28(34(2,3)4)24-11-7-6-10-23(24)25/h8-9,12-19H,6-7,10-11H2,1-5H3/q+1. The van der Waals surface area contributed by atoms with E-state index in [4.69, 9.17) is 4.42 Å². The smallest absolute Gasteiger partial charge is 0.216 e. The van der Waals surface area contributed by atoms with Crippen LogP contribution in [0.5, 0.6) is 0 Å². The zero-order chi connectivity index (χ0) is 25.9. The molecule has 0 unspecified atom stereocenters. The van der Waals surface area contributed by atoms with Gasteiger partial charge in [0, 0.05) is 28.5 Å². The molecule has 0 N–H and O–H groups in total. The molecule has 0 saturated carbocycles. The molecule has 0 fully saturated rings. The molecular weight excluding hydrogens is 452 g/mol. The minimum Gasteiger partial charge on any atom is -0.454 e. The van der Waals surface area contributed by atoms with Crippen LogP contribution in [0.15, 0.2) is 65.2 Å². The molecule has 5 aromatic rings. The van der Waals surface area contributed by atoms with Crippen molar-refractivity contribution < 1.29 is 8.98 Å². The van der Waals surface area contributed by atoms with E-state index >= 15 is 0 Å². The van der Waals surface area contributed by atoms with E-state index in [1.807, 2.05) is 12.1 Å². The highest BCUT2D eigenvalue weighted by Crippen LogP contribution is 2.45. The Morgan fingerprint density at radius 2 is 1.54 bits per heavy atom. The summed E-state index contributed by atoms with van der Waals surface area (Å²) >= 11 is 0. The lowest BCUT2D eigenvalue weighted by molar-refractivity contribution is -0.660. The summed E-state index contributed by atoms with van der Waals surface area (Å²) in [5.41, 5.74) is 12.2. The van der Waals surface area contributed by atoms with Crippen molar-refractivity contribution in [3.05, 3.63) is 88.6 Å². The molecule has 2 aromatic heterocycles.